The number of hydrogen-bond donors (Lipinski definition) is 1. The Bertz CT molecular complexity index is 372. The molecule has 0 amide bonds. The lowest BCUT2D eigenvalue weighted by molar-refractivity contribution is 0.373. The topological polar surface area (TPSA) is 51.0 Å². The number of aromatic nitrogens is 2. The van der Waals surface area contributed by atoms with Gasteiger partial charge in [0.05, 0.1) is 12.7 Å². The van der Waals surface area contributed by atoms with Crippen molar-refractivity contribution in [1.82, 2.24) is 15.5 Å². The molecule has 78 valence electrons. The number of nitrogens with zero attached hydrogens (tertiary/aromatic N) is 2. The first-order valence-electron chi connectivity index (χ1n) is 4.95. The van der Waals surface area contributed by atoms with Crippen LogP contribution >= 0.6 is 0 Å². The summed E-state index contributed by atoms with van der Waals surface area (Å²) in [5, 5.41) is 6.89. The minimum absolute atomic E-state index is 0.715. The van der Waals surface area contributed by atoms with Gasteiger partial charge in [-0.1, -0.05) is 11.2 Å². The molecule has 4 nitrogen and oxygen atoms in total. The van der Waals surface area contributed by atoms with Gasteiger partial charge >= 0.3 is 0 Å². The van der Waals surface area contributed by atoms with Crippen molar-refractivity contribution in [3.63, 3.8) is 0 Å². The highest BCUT2D eigenvalue weighted by Gasteiger charge is 1.96. The van der Waals surface area contributed by atoms with Crippen LogP contribution in [0, 0.1) is 0 Å². The summed E-state index contributed by atoms with van der Waals surface area (Å²) in [5.41, 5.74) is 1.10. The molecule has 0 bridgehead atoms. The second kappa shape index (κ2) is 5.26. The Morgan fingerprint density at radius 3 is 2.93 bits per heavy atom. The minimum atomic E-state index is 0.715. The summed E-state index contributed by atoms with van der Waals surface area (Å²) in [4.78, 5) is 4.24. The van der Waals surface area contributed by atoms with Crippen molar-refractivity contribution >= 4 is 0 Å². The van der Waals surface area contributed by atoms with Crippen molar-refractivity contribution in [1.29, 1.82) is 0 Å². The lowest BCUT2D eigenvalue weighted by atomic mass is 10.3. The molecule has 1 N–H and O–H groups in total. The van der Waals surface area contributed by atoms with Gasteiger partial charge in [-0.2, -0.15) is 0 Å². The maximum absolute atomic E-state index is 4.96. The predicted molar refractivity (Wildman–Crippen MR) is 56.2 cm³/mol. The zero-order chi connectivity index (χ0) is 10.3. The standard InChI is InChI=1S/C11H13N3O/c1-2-6-13-10(3-1)4-7-12-9-11-5-8-14-15-11/h1-3,5-6,8,12H,4,7,9H2. The van der Waals surface area contributed by atoms with E-state index in [1.165, 1.54) is 0 Å². The van der Waals surface area contributed by atoms with Crippen LogP contribution in [0.4, 0.5) is 0 Å². The number of rotatable bonds is 5. The molecule has 0 spiro atoms. The molecule has 0 atom stereocenters. The highest BCUT2D eigenvalue weighted by atomic mass is 16.5. The van der Waals surface area contributed by atoms with Crippen LogP contribution in [0.3, 0.4) is 0 Å². The second-order valence-electron chi connectivity index (χ2n) is 3.23. The van der Waals surface area contributed by atoms with Crippen LogP contribution in [-0.2, 0) is 13.0 Å². The summed E-state index contributed by atoms with van der Waals surface area (Å²) < 4.78 is 4.96. The van der Waals surface area contributed by atoms with Crippen molar-refractivity contribution in [2.24, 2.45) is 0 Å². The number of pyridine rings is 1. The van der Waals surface area contributed by atoms with Crippen molar-refractivity contribution < 1.29 is 4.52 Å². The van der Waals surface area contributed by atoms with Crippen LogP contribution in [0.1, 0.15) is 11.5 Å². The van der Waals surface area contributed by atoms with Crippen LogP contribution in [-0.4, -0.2) is 16.7 Å². The second-order valence-corrected chi connectivity index (χ2v) is 3.23. The maximum atomic E-state index is 4.96. The number of nitrogens with one attached hydrogen (secondary N) is 1. The summed E-state index contributed by atoms with van der Waals surface area (Å²) in [7, 11) is 0. The average molecular weight is 203 g/mol. The first kappa shape index (κ1) is 9.86. The van der Waals surface area contributed by atoms with E-state index < -0.39 is 0 Å². The molecule has 2 aromatic rings. The van der Waals surface area contributed by atoms with E-state index in [9.17, 15) is 0 Å². The summed E-state index contributed by atoms with van der Waals surface area (Å²) in [6.07, 6.45) is 4.39. The van der Waals surface area contributed by atoms with E-state index in [0.29, 0.717) is 6.54 Å². The van der Waals surface area contributed by atoms with Crippen LogP contribution in [0.5, 0.6) is 0 Å². The molecule has 15 heavy (non-hydrogen) atoms. The molecule has 0 aromatic carbocycles. The van der Waals surface area contributed by atoms with E-state index in [1.807, 2.05) is 30.5 Å². The monoisotopic (exact) mass is 203 g/mol. The molecule has 2 rings (SSSR count). The van der Waals surface area contributed by atoms with Gasteiger partial charge < -0.3 is 9.84 Å². The predicted octanol–water partition coefficient (Wildman–Crippen LogP) is 1.40. The van der Waals surface area contributed by atoms with E-state index in [1.54, 1.807) is 6.20 Å². The fraction of sp³-hybridized carbons (Fsp3) is 0.273. The maximum Gasteiger partial charge on any atom is 0.150 e. The molecule has 0 radical (unpaired) electrons. The van der Waals surface area contributed by atoms with Crippen molar-refractivity contribution in [2.45, 2.75) is 13.0 Å². The Kier molecular flexibility index (Phi) is 3.46. The van der Waals surface area contributed by atoms with Gasteiger partial charge in [0.1, 0.15) is 5.76 Å². The van der Waals surface area contributed by atoms with Crippen LogP contribution in [0.25, 0.3) is 0 Å². The quantitative estimate of drug-likeness (QED) is 0.746. The summed E-state index contributed by atoms with van der Waals surface area (Å²) in [5.74, 6) is 0.857. The highest BCUT2D eigenvalue weighted by Crippen LogP contribution is 1.96. The summed E-state index contributed by atoms with van der Waals surface area (Å²) >= 11 is 0. The molecule has 0 aliphatic carbocycles. The zero-order valence-corrected chi connectivity index (χ0v) is 8.39. The van der Waals surface area contributed by atoms with Crippen molar-refractivity contribution in [2.75, 3.05) is 6.54 Å². The van der Waals surface area contributed by atoms with Crippen molar-refractivity contribution in [3.05, 3.63) is 48.1 Å². The molecule has 0 aliphatic heterocycles. The zero-order valence-electron chi connectivity index (χ0n) is 8.39. The fourth-order valence-corrected chi connectivity index (χ4v) is 1.31. The van der Waals surface area contributed by atoms with E-state index in [0.717, 1.165) is 24.4 Å². The molecule has 0 unspecified atom stereocenters. The van der Waals surface area contributed by atoms with Crippen LogP contribution < -0.4 is 5.32 Å². The summed E-state index contributed by atoms with van der Waals surface area (Å²) in [6, 6.07) is 7.80. The Morgan fingerprint density at radius 1 is 1.20 bits per heavy atom. The third kappa shape index (κ3) is 3.18. The minimum Gasteiger partial charge on any atom is -0.360 e. The van der Waals surface area contributed by atoms with Crippen LogP contribution in [0.15, 0.2) is 41.2 Å². The van der Waals surface area contributed by atoms with Gasteiger partial charge in [0, 0.05) is 30.9 Å². The molecule has 2 heterocycles. The van der Waals surface area contributed by atoms with Gasteiger partial charge in [-0.3, -0.25) is 4.98 Å². The average Bonchev–Trinajstić information content (AvgIpc) is 2.79. The highest BCUT2D eigenvalue weighted by molar-refractivity contribution is 5.03. The van der Waals surface area contributed by atoms with Gasteiger partial charge in [0.25, 0.3) is 0 Å². The molecule has 0 aliphatic rings. The Hall–Kier alpha value is -1.68. The van der Waals surface area contributed by atoms with E-state index in [-0.39, 0.29) is 0 Å². The van der Waals surface area contributed by atoms with Crippen LogP contribution in [0.2, 0.25) is 0 Å². The molecule has 4 heteroatoms. The lowest BCUT2D eigenvalue weighted by Crippen LogP contribution is -2.16. The SMILES string of the molecule is c1ccc(CCNCc2ccno2)nc1. The largest absolute Gasteiger partial charge is 0.360 e. The molecular weight excluding hydrogens is 190 g/mol. The van der Waals surface area contributed by atoms with Gasteiger partial charge in [-0.05, 0) is 12.1 Å². The molecule has 0 saturated heterocycles. The van der Waals surface area contributed by atoms with E-state index in [2.05, 4.69) is 15.5 Å². The third-order valence-corrected chi connectivity index (χ3v) is 2.07. The van der Waals surface area contributed by atoms with Gasteiger partial charge in [0.2, 0.25) is 0 Å². The molecule has 0 fully saturated rings. The lowest BCUT2D eigenvalue weighted by Gasteiger charge is -2.01. The fourth-order valence-electron chi connectivity index (χ4n) is 1.31. The van der Waals surface area contributed by atoms with Gasteiger partial charge in [-0.15, -0.1) is 0 Å². The summed E-state index contributed by atoms with van der Waals surface area (Å²) in [6.45, 7) is 1.60. The van der Waals surface area contributed by atoms with E-state index in [4.69, 9.17) is 4.52 Å². The first-order valence-corrected chi connectivity index (χ1v) is 4.95. The Balaban J connectivity index is 1.68. The van der Waals surface area contributed by atoms with E-state index >= 15 is 0 Å². The third-order valence-electron chi connectivity index (χ3n) is 2.07. The smallest absolute Gasteiger partial charge is 0.150 e. The van der Waals surface area contributed by atoms with Gasteiger partial charge in [0.15, 0.2) is 0 Å². The number of hydrogen-bond acceptors (Lipinski definition) is 4. The molecular formula is C11H13N3O. The first-order chi connectivity index (χ1) is 7.45. The van der Waals surface area contributed by atoms with Gasteiger partial charge in [-0.25, -0.2) is 0 Å². The molecule has 0 saturated carbocycles. The normalized spacial score (nSPS) is 10.4. The Labute approximate surface area is 88.3 Å². The van der Waals surface area contributed by atoms with Crippen molar-refractivity contribution in [3.8, 4) is 0 Å². The Morgan fingerprint density at radius 2 is 2.20 bits per heavy atom. The molecule has 2 aromatic heterocycles.